The van der Waals surface area contributed by atoms with Crippen LogP contribution in [-0.2, 0) is 0 Å². The molecule has 1 rings (SSSR count). The predicted molar refractivity (Wildman–Crippen MR) is 58.3 cm³/mol. The lowest BCUT2D eigenvalue weighted by Gasteiger charge is -2.17. The van der Waals surface area contributed by atoms with Crippen molar-refractivity contribution in [1.82, 2.24) is 0 Å². The molecule has 1 N–H and O–H groups in total. The number of carboxylic acid groups (broad SMARTS) is 1. The molecule has 0 unspecified atom stereocenters. The molecule has 0 bridgehead atoms. The molecule has 1 aromatic heterocycles. The molecule has 0 saturated heterocycles. The number of anilines is 1. The first-order chi connectivity index (χ1) is 7.19. The Morgan fingerprint density at radius 2 is 2.00 bits per heavy atom. The van der Waals surface area contributed by atoms with Crippen molar-refractivity contribution >= 4 is 11.9 Å². The highest BCUT2D eigenvalue weighted by molar-refractivity contribution is 5.84. The molecule has 0 amide bonds. The monoisotopic (exact) mass is 207 g/mol. The van der Waals surface area contributed by atoms with Gasteiger partial charge < -0.3 is 14.4 Å². The van der Waals surface area contributed by atoms with Crippen LogP contribution in [0.2, 0.25) is 0 Å². The van der Waals surface area contributed by atoms with E-state index in [0.29, 0.717) is 19.0 Å². The second kappa shape index (κ2) is 5.05. The molecular formula is C11H13NO3. The molecule has 0 aliphatic carbocycles. The zero-order valence-electron chi connectivity index (χ0n) is 8.35. The van der Waals surface area contributed by atoms with E-state index in [0.717, 1.165) is 0 Å². The van der Waals surface area contributed by atoms with Crippen molar-refractivity contribution in [3.8, 4) is 0 Å². The van der Waals surface area contributed by atoms with Crippen molar-refractivity contribution in [2.24, 2.45) is 0 Å². The Balaban J connectivity index is 2.85. The number of rotatable bonds is 6. The summed E-state index contributed by atoms with van der Waals surface area (Å²) >= 11 is 0. The molecule has 15 heavy (non-hydrogen) atoms. The zero-order chi connectivity index (χ0) is 11.3. The van der Waals surface area contributed by atoms with Gasteiger partial charge in [-0.15, -0.1) is 13.2 Å². The number of hydrogen-bond acceptors (Lipinski definition) is 3. The largest absolute Gasteiger partial charge is 0.475 e. The van der Waals surface area contributed by atoms with Crippen LogP contribution in [0.15, 0.2) is 41.9 Å². The summed E-state index contributed by atoms with van der Waals surface area (Å²) in [7, 11) is 0. The first-order valence-corrected chi connectivity index (χ1v) is 4.49. The summed E-state index contributed by atoms with van der Waals surface area (Å²) in [5, 5.41) is 8.69. The van der Waals surface area contributed by atoms with Crippen molar-refractivity contribution in [3.05, 3.63) is 43.2 Å². The maximum atomic E-state index is 10.6. The van der Waals surface area contributed by atoms with Crippen molar-refractivity contribution < 1.29 is 14.3 Å². The van der Waals surface area contributed by atoms with Crippen LogP contribution in [0.1, 0.15) is 10.6 Å². The lowest BCUT2D eigenvalue weighted by molar-refractivity contribution is 0.0663. The minimum atomic E-state index is -1.07. The van der Waals surface area contributed by atoms with Crippen LogP contribution in [0.3, 0.4) is 0 Å². The molecule has 0 fully saturated rings. The fourth-order valence-electron chi connectivity index (χ4n) is 1.18. The predicted octanol–water partition coefficient (Wildman–Crippen LogP) is 2.16. The highest BCUT2D eigenvalue weighted by Gasteiger charge is 2.12. The number of hydrogen-bond donors (Lipinski definition) is 1. The summed E-state index contributed by atoms with van der Waals surface area (Å²) in [6.07, 6.45) is 3.43. The number of furan rings is 1. The first kappa shape index (κ1) is 11.1. The maximum absolute atomic E-state index is 10.6. The Hall–Kier alpha value is -1.97. The molecular weight excluding hydrogens is 194 g/mol. The van der Waals surface area contributed by atoms with E-state index >= 15 is 0 Å². The Bertz CT molecular complexity index is 358. The molecule has 1 heterocycles. The van der Waals surface area contributed by atoms with Gasteiger partial charge in [0.1, 0.15) is 0 Å². The maximum Gasteiger partial charge on any atom is 0.371 e. The molecule has 0 radical (unpaired) electrons. The van der Waals surface area contributed by atoms with Crippen LogP contribution in [0, 0.1) is 0 Å². The molecule has 0 aliphatic rings. The van der Waals surface area contributed by atoms with E-state index < -0.39 is 5.97 Å². The van der Waals surface area contributed by atoms with Gasteiger partial charge in [0.2, 0.25) is 5.76 Å². The molecule has 1 aromatic rings. The van der Waals surface area contributed by atoms with E-state index in [1.165, 1.54) is 6.07 Å². The second-order valence-electron chi connectivity index (χ2n) is 2.93. The van der Waals surface area contributed by atoms with Gasteiger partial charge in [-0.05, 0) is 6.07 Å². The van der Waals surface area contributed by atoms with Crippen molar-refractivity contribution in [2.75, 3.05) is 18.0 Å². The Morgan fingerprint density at radius 1 is 1.40 bits per heavy atom. The third-order valence-corrected chi connectivity index (χ3v) is 1.81. The summed E-state index contributed by atoms with van der Waals surface area (Å²) in [5.41, 5.74) is 0. The summed E-state index contributed by atoms with van der Waals surface area (Å²) in [5.74, 6) is -0.631. The van der Waals surface area contributed by atoms with Gasteiger partial charge in [-0.25, -0.2) is 4.79 Å². The molecule has 0 atom stereocenters. The summed E-state index contributed by atoms with van der Waals surface area (Å²) in [4.78, 5) is 12.4. The lowest BCUT2D eigenvalue weighted by Crippen LogP contribution is -2.22. The number of nitrogens with zero attached hydrogens (tertiary/aromatic N) is 1. The summed E-state index contributed by atoms with van der Waals surface area (Å²) < 4.78 is 5.14. The fraction of sp³-hybridized carbons (Fsp3) is 0.182. The molecule has 0 aliphatic heterocycles. The Morgan fingerprint density at radius 3 is 2.40 bits per heavy atom. The van der Waals surface area contributed by atoms with Crippen molar-refractivity contribution in [2.45, 2.75) is 0 Å². The summed E-state index contributed by atoms with van der Waals surface area (Å²) in [6, 6.07) is 3.05. The average Bonchev–Trinajstić information content (AvgIpc) is 2.66. The van der Waals surface area contributed by atoms with E-state index in [1.807, 2.05) is 4.90 Å². The van der Waals surface area contributed by atoms with Gasteiger partial charge in [-0.3, -0.25) is 0 Å². The molecule has 0 spiro atoms. The van der Waals surface area contributed by atoms with Crippen LogP contribution >= 0.6 is 0 Å². The molecule has 80 valence electrons. The minimum absolute atomic E-state index is 0.0666. The highest BCUT2D eigenvalue weighted by Crippen LogP contribution is 2.18. The van der Waals surface area contributed by atoms with Gasteiger partial charge in [0.15, 0.2) is 5.88 Å². The fourth-order valence-corrected chi connectivity index (χ4v) is 1.18. The van der Waals surface area contributed by atoms with E-state index in [-0.39, 0.29) is 5.76 Å². The topological polar surface area (TPSA) is 53.7 Å². The van der Waals surface area contributed by atoms with E-state index in [2.05, 4.69) is 13.2 Å². The van der Waals surface area contributed by atoms with Crippen molar-refractivity contribution in [3.63, 3.8) is 0 Å². The van der Waals surface area contributed by atoms with Crippen LogP contribution in [0.25, 0.3) is 0 Å². The van der Waals surface area contributed by atoms with Crippen LogP contribution < -0.4 is 4.90 Å². The average molecular weight is 207 g/mol. The smallest absolute Gasteiger partial charge is 0.371 e. The lowest BCUT2D eigenvalue weighted by atomic mass is 10.4. The normalized spacial score (nSPS) is 9.60. The van der Waals surface area contributed by atoms with E-state index in [4.69, 9.17) is 9.52 Å². The van der Waals surface area contributed by atoms with Crippen LogP contribution in [-0.4, -0.2) is 24.2 Å². The summed E-state index contributed by atoms with van der Waals surface area (Å²) in [6.45, 7) is 8.40. The van der Waals surface area contributed by atoms with Crippen molar-refractivity contribution in [1.29, 1.82) is 0 Å². The van der Waals surface area contributed by atoms with Gasteiger partial charge in [0.25, 0.3) is 0 Å². The zero-order valence-corrected chi connectivity index (χ0v) is 8.35. The van der Waals surface area contributed by atoms with E-state index in [9.17, 15) is 4.79 Å². The van der Waals surface area contributed by atoms with Gasteiger partial charge in [-0.2, -0.15) is 0 Å². The number of carbonyl (C=O) groups is 1. The molecule has 4 nitrogen and oxygen atoms in total. The van der Waals surface area contributed by atoms with Gasteiger partial charge >= 0.3 is 5.97 Å². The number of carboxylic acids is 1. The van der Waals surface area contributed by atoms with Gasteiger partial charge in [0, 0.05) is 19.2 Å². The third kappa shape index (κ3) is 2.74. The minimum Gasteiger partial charge on any atom is -0.475 e. The quantitative estimate of drug-likeness (QED) is 0.726. The third-order valence-electron chi connectivity index (χ3n) is 1.81. The Kier molecular flexibility index (Phi) is 3.74. The van der Waals surface area contributed by atoms with Crippen LogP contribution in [0.4, 0.5) is 5.88 Å². The molecule has 0 aromatic carbocycles. The van der Waals surface area contributed by atoms with Gasteiger partial charge in [-0.1, -0.05) is 12.2 Å². The highest BCUT2D eigenvalue weighted by atomic mass is 16.4. The van der Waals surface area contributed by atoms with Gasteiger partial charge in [0.05, 0.1) is 0 Å². The van der Waals surface area contributed by atoms with E-state index in [1.54, 1.807) is 18.2 Å². The molecule has 0 saturated carbocycles. The first-order valence-electron chi connectivity index (χ1n) is 4.49. The Labute approximate surface area is 88.1 Å². The molecule has 4 heteroatoms. The van der Waals surface area contributed by atoms with Crippen LogP contribution in [0.5, 0.6) is 0 Å². The number of aromatic carboxylic acids is 1. The second-order valence-corrected chi connectivity index (χ2v) is 2.93. The standard InChI is InChI=1S/C11H13NO3/c1-3-7-12(8-4-2)10-6-5-9(15-10)11(13)14/h3-6H,1-2,7-8H2,(H,13,14). The SMILES string of the molecule is C=CCN(CC=C)c1ccc(C(=O)O)o1.